The van der Waals surface area contributed by atoms with Crippen LogP contribution in [0.15, 0.2) is 12.1 Å². The number of alkyl halides is 3. The SMILES string of the molecule is CC(C)(O)Cc1ccc(C(F)(F)F)s1. The van der Waals surface area contributed by atoms with Crippen molar-refractivity contribution in [3.8, 4) is 0 Å². The molecule has 0 bridgehead atoms. The van der Waals surface area contributed by atoms with Crippen LogP contribution in [0.25, 0.3) is 0 Å². The van der Waals surface area contributed by atoms with Crippen LogP contribution >= 0.6 is 11.3 Å². The molecule has 80 valence electrons. The fourth-order valence-corrected chi connectivity index (χ4v) is 2.15. The van der Waals surface area contributed by atoms with Crippen LogP contribution in [0, 0.1) is 0 Å². The molecule has 14 heavy (non-hydrogen) atoms. The highest BCUT2D eigenvalue weighted by atomic mass is 32.1. The summed E-state index contributed by atoms with van der Waals surface area (Å²) < 4.78 is 36.5. The molecule has 0 unspecified atom stereocenters. The van der Waals surface area contributed by atoms with Gasteiger partial charge in [0.2, 0.25) is 0 Å². The normalized spacial score (nSPS) is 13.3. The summed E-state index contributed by atoms with van der Waals surface area (Å²) in [6.45, 7) is 3.14. The molecule has 0 aliphatic rings. The third kappa shape index (κ3) is 3.31. The van der Waals surface area contributed by atoms with Gasteiger partial charge >= 0.3 is 6.18 Å². The molecule has 0 atom stereocenters. The van der Waals surface area contributed by atoms with E-state index in [1.54, 1.807) is 13.8 Å². The van der Waals surface area contributed by atoms with Gasteiger partial charge in [0.1, 0.15) is 4.88 Å². The lowest BCUT2D eigenvalue weighted by atomic mass is 10.1. The number of hydrogen-bond donors (Lipinski definition) is 1. The molecule has 1 aromatic rings. The van der Waals surface area contributed by atoms with Crippen LogP contribution in [-0.4, -0.2) is 10.7 Å². The van der Waals surface area contributed by atoms with Crippen molar-refractivity contribution in [1.82, 2.24) is 0 Å². The van der Waals surface area contributed by atoms with Crippen LogP contribution < -0.4 is 0 Å². The average molecular weight is 224 g/mol. The molecule has 1 heterocycles. The Bertz CT molecular complexity index is 309. The molecule has 1 aromatic heterocycles. The first-order chi connectivity index (χ1) is 6.18. The molecule has 0 amide bonds. The summed E-state index contributed by atoms with van der Waals surface area (Å²) in [5, 5.41) is 9.41. The minimum Gasteiger partial charge on any atom is -0.390 e. The number of aliphatic hydroxyl groups is 1. The second-order valence-electron chi connectivity index (χ2n) is 3.75. The fourth-order valence-electron chi connectivity index (χ4n) is 1.05. The van der Waals surface area contributed by atoms with Gasteiger partial charge in [-0.15, -0.1) is 11.3 Å². The Morgan fingerprint density at radius 1 is 1.29 bits per heavy atom. The van der Waals surface area contributed by atoms with E-state index in [9.17, 15) is 18.3 Å². The molecule has 5 heteroatoms. The lowest BCUT2D eigenvalue weighted by molar-refractivity contribution is -0.134. The Morgan fingerprint density at radius 3 is 2.21 bits per heavy atom. The van der Waals surface area contributed by atoms with E-state index in [0.717, 1.165) is 6.07 Å². The predicted molar refractivity (Wildman–Crippen MR) is 49.3 cm³/mol. The van der Waals surface area contributed by atoms with E-state index in [2.05, 4.69) is 0 Å². The maximum Gasteiger partial charge on any atom is 0.425 e. The summed E-state index contributed by atoms with van der Waals surface area (Å²) in [6, 6.07) is 2.46. The second kappa shape index (κ2) is 3.55. The van der Waals surface area contributed by atoms with Gasteiger partial charge < -0.3 is 5.11 Å². The van der Waals surface area contributed by atoms with Crippen molar-refractivity contribution in [2.45, 2.75) is 32.0 Å². The zero-order valence-corrected chi connectivity index (χ0v) is 8.67. The van der Waals surface area contributed by atoms with Crippen molar-refractivity contribution in [3.63, 3.8) is 0 Å². The molecule has 1 rings (SSSR count). The lowest BCUT2D eigenvalue weighted by Crippen LogP contribution is -2.21. The minimum atomic E-state index is -4.28. The molecule has 1 N–H and O–H groups in total. The van der Waals surface area contributed by atoms with Crippen LogP contribution in [0.2, 0.25) is 0 Å². The van der Waals surface area contributed by atoms with Gasteiger partial charge in [0.25, 0.3) is 0 Å². The van der Waals surface area contributed by atoms with Gasteiger partial charge in [0.05, 0.1) is 5.60 Å². The van der Waals surface area contributed by atoms with Gasteiger partial charge in [-0.05, 0) is 26.0 Å². The highest BCUT2D eigenvalue weighted by Crippen LogP contribution is 2.35. The van der Waals surface area contributed by atoms with E-state index in [1.165, 1.54) is 6.07 Å². The molecule has 0 aliphatic carbocycles. The maximum absolute atomic E-state index is 12.2. The van der Waals surface area contributed by atoms with Crippen LogP contribution in [-0.2, 0) is 12.6 Å². The van der Waals surface area contributed by atoms with Crippen LogP contribution in [0.4, 0.5) is 13.2 Å². The highest BCUT2D eigenvalue weighted by Gasteiger charge is 2.32. The molecule has 0 radical (unpaired) electrons. The fraction of sp³-hybridized carbons (Fsp3) is 0.556. The Kier molecular flexibility index (Phi) is 2.92. The quantitative estimate of drug-likeness (QED) is 0.818. The summed E-state index contributed by atoms with van der Waals surface area (Å²) in [7, 11) is 0. The largest absolute Gasteiger partial charge is 0.425 e. The molecule has 0 saturated heterocycles. The number of rotatable bonds is 2. The Hall–Kier alpha value is -0.550. The van der Waals surface area contributed by atoms with Gasteiger partial charge in [-0.1, -0.05) is 0 Å². The van der Waals surface area contributed by atoms with Gasteiger partial charge in [-0.3, -0.25) is 0 Å². The molecule has 0 aliphatic heterocycles. The van der Waals surface area contributed by atoms with E-state index in [1.807, 2.05) is 0 Å². The molecular formula is C9H11F3OS. The molecular weight excluding hydrogens is 213 g/mol. The first kappa shape index (κ1) is 11.5. The Balaban J connectivity index is 2.79. The van der Waals surface area contributed by atoms with Gasteiger partial charge in [0, 0.05) is 11.3 Å². The smallest absolute Gasteiger partial charge is 0.390 e. The molecule has 0 aromatic carbocycles. The summed E-state index contributed by atoms with van der Waals surface area (Å²) in [6.07, 6.45) is -4.03. The Labute approximate surface area is 84.2 Å². The van der Waals surface area contributed by atoms with Gasteiger partial charge in [-0.2, -0.15) is 13.2 Å². The lowest BCUT2D eigenvalue weighted by Gasteiger charge is -2.15. The van der Waals surface area contributed by atoms with E-state index >= 15 is 0 Å². The molecule has 1 nitrogen and oxygen atoms in total. The predicted octanol–water partition coefficient (Wildman–Crippen LogP) is 3.08. The minimum absolute atomic E-state index is 0.244. The van der Waals surface area contributed by atoms with Crippen molar-refractivity contribution in [2.75, 3.05) is 0 Å². The van der Waals surface area contributed by atoms with Crippen molar-refractivity contribution < 1.29 is 18.3 Å². The van der Waals surface area contributed by atoms with Crippen molar-refractivity contribution in [1.29, 1.82) is 0 Å². The van der Waals surface area contributed by atoms with E-state index < -0.39 is 16.7 Å². The molecule has 0 fully saturated rings. The van der Waals surface area contributed by atoms with E-state index in [4.69, 9.17) is 0 Å². The number of hydrogen-bond acceptors (Lipinski definition) is 2. The van der Waals surface area contributed by atoms with E-state index in [0.29, 0.717) is 16.2 Å². The van der Waals surface area contributed by atoms with Gasteiger partial charge in [0.15, 0.2) is 0 Å². The topological polar surface area (TPSA) is 20.2 Å². The summed E-state index contributed by atoms with van der Waals surface area (Å²) in [5.41, 5.74) is -0.965. The maximum atomic E-state index is 12.2. The Morgan fingerprint density at radius 2 is 1.86 bits per heavy atom. The van der Waals surface area contributed by atoms with Crippen molar-refractivity contribution >= 4 is 11.3 Å². The van der Waals surface area contributed by atoms with Crippen LogP contribution in [0.1, 0.15) is 23.6 Å². The second-order valence-corrected chi connectivity index (χ2v) is 4.92. The van der Waals surface area contributed by atoms with Crippen molar-refractivity contribution in [3.05, 3.63) is 21.9 Å². The molecule has 0 saturated carbocycles. The summed E-state index contributed by atoms with van der Waals surface area (Å²) >= 11 is 0.682. The zero-order chi connectivity index (χ0) is 11.0. The average Bonchev–Trinajstić information content (AvgIpc) is 2.29. The van der Waals surface area contributed by atoms with Gasteiger partial charge in [-0.25, -0.2) is 0 Å². The number of halogens is 3. The third-order valence-electron chi connectivity index (χ3n) is 1.55. The van der Waals surface area contributed by atoms with Crippen molar-refractivity contribution in [2.24, 2.45) is 0 Å². The number of thiophene rings is 1. The molecule has 0 spiro atoms. The standard InChI is InChI=1S/C9H11F3OS/c1-8(2,13)5-6-3-4-7(14-6)9(10,11)12/h3-4,13H,5H2,1-2H3. The monoisotopic (exact) mass is 224 g/mol. The van der Waals surface area contributed by atoms with E-state index in [-0.39, 0.29) is 6.42 Å². The first-order valence-electron chi connectivity index (χ1n) is 4.07. The van der Waals surface area contributed by atoms with Crippen LogP contribution in [0.3, 0.4) is 0 Å². The van der Waals surface area contributed by atoms with Crippen LogP contribution in [0.5, 0.6) is 0 Å². The summed E-state index contributed by atoms with van der Waals surface area (Å²) in [5.74, 6) is 0. The highest BCUT2D eigenvalue weighted by molar-refractivity contribution is 7.12. The zero-order valence-electron chi connectivity index (χ0n) is 7.85. The first-order valence-corrected chi connectivity index (χ1v) is 4.88. The third-order valence-corrected chi connectivity index (χ3v) is 2.68. The summed E-state index contributed by atoms with van der Waals surface area (Å²) in [4.78, 5) is -0.0680.